The molecule has 0 saturated heterocycles. The number of nitrogens with one attached hydrogen (secondary N) is 1. The van der Waals surface area contributed by atoms with Crippen molar-refractivity contribution >= 4 is 27.3 Å². The number of anilines is 2. The lowest BCUT2D eigenvalue weighted by molar-refractivity contribution is 0.788. The summed E-state index contributed by atoms with van der Waals surface area (Å²) in [6.45, 7) is 2.19. The Morgan fingerprint density at radius 3 is 2.55 bits per heavy atom. The predicted octanol–water partition coefficient (Wildman–Crippen LogP) is 3.95. The van der Waals surface area contributed by atoms with Gasteiger partial charge in [-0.05, 0) is 37.1 Å². The van der Waals surface area contributed by atoms with Gasteiger partial charge in [0, 0.05) is 30.8 Å². The van der Waals surface area contributed by atoms with E-state index in [-0.39, 0.29) is 0 Å². The summed E-state index contributed by atoms with van der Waals surface area (Å²) in [6, 6.07) is 10.8. The molecule has 0 amide bonds. The van der Waals surface area contributed by atoms with Crippen LogP contribution in [0.25, 0.3) is 0 Å². The monoisotopic (exact) mass is 333 g/mol. The van der Waals surface area contributed by atoms with Gasteiger partial charge in [-0.25, -0.2) is 0 Å². The highest BCUT2D eigenvalue weighted by atomic mass is 79.9. The Labute approximate surface area is 129 Å². The van der Waals surface area contributed by atoms with Crippen LogP contribution in [0, 0.1) is 0 Å². The van der Waals surface area contributed by atoms with Crippen molar-refractivity contribution in [1.29, 1.82) is 0 Å². The molecule has 1 aromatic carbocycles. The molecule has 1 aromatic heterocycles. The highest BCUT2D eigenvalue weighted by Gasteiger charge is 2.08. The molecule has 1 N–H and O–H groups in total. The molecule has 0 saturated carbocycles. The largest absolute Gasteiger partial charge is 0.379 e. The first-order valence-electron chi connectivity index (χ1n) is 6.68. The fourth-order valence-electron chi connectivity index (χ4n) is 2.18. The second-order valence-electron chi connectivity index (χ2n) is 5.16. The van der Waals surface area contributed by atoms with Crippen LogP contribution in [0.4, 0.5) is 11.4 Å². The van der Waals surface area contributed by atoms with Crippen molar-refractivity contribution in [2.75, 3.05) is 24.3 Å². The smallest absolute Gasteiger partial charge is 0.0766 e. The Kier molecular flexibility index (Phi) is 5.01. The highest BCUT2D eigenvalue weighted by Crippen LogP contribution is 2.23. The summed E-state index contributed by atoms with van der Waals surface area (Å²) < 4.78 is 1.11. The Bertz CT molecular complexity index is 552. The highest BCUT2D eigenvalue weighted by molar-refractivity contribution is 9.10. The summed E-state index contributed by atoms with van der Waals surface area (Å²) in [5, 5.41) is 3.54. The average molecular weight is 334 g/mol. The molecule has 1 atom stereocenters. The third kappa shape index (κ3) is 3.97. The summed E-state index contributed by atoms with van der Waals surface area (Å²) >= 11 is 3.46. The number of nitrogens with zero attached hydrogens (tertiary/aromatic N) is 2. The van der Waals surface area contributed by atoms with Gasteiger partial charge >= 0.3 is 0 Å². The zero-order valence-corrected chi connectivity index (χ0v) is 13.7. The van der Waals surface area contributed by atoms with Crippen LogP contribution in [-0.2, 0) is 6.42 Å². The van der Waals surface area contributed by atoms with Gasteiger partial charge in [-0.2, -0.15) is 0 Å². The minimum absolute atomic E-state index is 0.346. The maximum absolute atomic E-state index is 4.20. The maximum atomic E-state index is 4.20. The van der Waals surface area contributed by atoms with E-state index in [9.17, 15) is 0 Å². The molecule has 2 rings (SSSR count). The molecule has 0 aliphatic carbocycles. The van der Waals surface area contributed by atoms with Gasteiger partial charge in [0.15, 0.2) is 0 Å². The maximum Gasteiger partial charge on any atom is 0.0766 e. The van der Waals surface area contributed by atoms with E-state index in [0.717, 1.165) is 22.3 Å². The number of benzene rings is 1. The zero-order chi connectivity index (χ0) is 14.5. The third-order valence-electron chi connectivity index (χ3n) is 3.14. The molecule has 3 nitrogen and oxygen atoms in total. The van der Waals surface area contributed by atoms with Crippen molar-refractivity contribution in [1.82, 2.24) is 4.98 Å². The van der Waals surface area contributed by atoms with Gasteiger partial charge in [-0.3, -0.25) is 4.98 Å². The van der Waals surface area contributed by atoms with E-state index in [0.29, 0.717) is 6.04 Å². The predicted molar refractivity (Wildman–Crippen MR) is 89.5 cm³/mol. The molecule has 0 spiro atoms. The molecule has 1 unspecified atom stereocenters. The summed E-state index contributed by atoms with van der Waals surface area (Å²) in [5.74, 6) is 0. The Morgan fingerprint density at radius 1 is 1.20 bits per heavy atom. The van der Waals surface area contributed by atoms with E-state index in [4.69, 9.17) is 0 Å². The van der Waals surface area contributed by atoms with Gasteiger partial charge in [0.05, 0.1) is 17.6 Å². The van der Waals surface area contributed by atoms with Gasteiger partial charge < -0.3 is 10.2 Å². The van der Waals surface area contributed by atoms with Crippen LogP contribution in [0.1, 0.15) is 12.5 Å². The third-order valence-corrected chi connectivity index (χ3v) is 3.67. The topological polar surface area (TPSA) is 28.2 Å². The van der Waals surface area contributed by atoms with Crippen LogP contribution in [-0.4, -0.2) is 25.1 Å². The SMILES string of the molecule is CC(Cc1ccc(Br)cc1)Nc1cnccc1N(C)C. The molecule has 4 heteroatoms. The molecule has 1 heterocycles. The first-order valence-corrected chi connectivity index (χ1v) is 7.48. The van der Waals surface area contributed by atoms with Crippen molar-refractivity contribution in [2.24, 2.45) is 0 Å². The molecule has 20 heavy (non-hydrogen) atoms. The van der Waals surface area contributed by atoms with Crippen molar-refractivity contribution in [2.45, 2.75) is 19.4 Å². The molecular formula is C16H20BrN3. The normalized spacial score (nSPS) is 12.0. The molecule has 0 radical (unpaired) electrons. The lowest BCUT2D eigenvalue weighted by Crippen LogP contribution is -2.20. The molecule has 0 aliphatic rings. The number of halogens is 1. The van der Waals surface area contributed by atoms with Crippen molar-refractivity contribution in [3.8, 4) is 0 Å². The molecule has 2 aromatic rings. The summed E-state index contributed by atoms with van der Waals surface area (Å²) in [6.07, 6.45) is 4.68. The molecule has 106 valence electrons. The molecule has 0 bridgehead atoms. The molecular weight excluding hydrogens is 314 g/mol. The van der Waals surface area contributed by atoms with E-state index in [1.807, 2.05) is 32.6 Å². The van der Waals surface area contributed by atoms with Crippen molar-refractivity contribution in [3.63, 3.8) is 0 Å². The number of aromatic nitrogens is 1. The number of hydrogen-bond acceptors (Lipinski definition) is 3. The minimum Gasteiger partial charge on any atom is -0.379 e. The van der Waals surface area contributed by atoms with Gasteiger partial charge in [0.1, 0.15) is 0 Å². The summed E-state index contributed by atoms with van der Waals surface area (Å²) in [5.41, 5.74) is 3.55. The zero-order valence-electron chi connectivity index (χ0n) is 12.1. The lowest BCUT2D eigenvalue weighted by Gasteiger charge is -2.21. The number of hydrogen-bond donors (Lipinski definition) is 1. The van der Waals surface area contributed by atoms with E-state index in [1.165, 1.54) is 5.56 Å². The van der Waals surface area contributed by atoms with Crippen LogP contribution >= 0.6 is 15.9 Å². The van der Waals surface area contributed by atoms with Crippen LogP contribution < -0.4 is 10.2 Å². The Morgan fingerprint density at radius 2 is 1.90 bits per heavy atom. The Balaban J connectivity index is 2.04. The average Bonchev–Trinajstić information content (AvgIpc) is 2.41. The lowest BCUT2D eigenvalue weighted by atomic mass is 10.1. The van der Waals surface area contributed by atoms with Crippen LogP contribution in [0.2, 0.25) is 0 Å². The number of rotatable bonds is 5. The first kappa shape index (κ1) is 14.9. The molecule has 0 fully saturated rings. The number of pyridine rings is 1. The van der Waals surface area contributed by atoms with Crippen molar-refractivity contribution < 1.29 is 0 Å². The second-order valence-corrected chi connectivity index (χ2v) is 6.08. The van der Waals surface area contributed by atoms with E-state index >= 15 is 0 Å². The van der Waals surface area contributed by atoms with Crippen LogP contribution in [0.5, 0.6) is 0 Å². The fourth-order valence-corrected chi connectivity index (χ4v) is 2.44. The van der Waals surface area contributed by atoms with E-state index < -0.39 is 0 Å². The Hall–Kier alpha value is -1.55. The van der Waals surface area contributed by atoms with Gasteiger partial charge in [-0.1, -0.05) is 28.1 Å². The molecule has 0 aliphatic heterocycles. The van der Waals surface area contributed by atoms with Crippen LogP contribution in [0.15, 0.2) is 47.2 Å². The van der Waals surface area contributed by atoms with E-state index in [2.05, 4.69) is 62.3 Å². The van der Waals surface area contributed by atoms with Crippen LogP contribution in [0.3, 0.4) is 0 Å². The minimum atomic E-state index is 0.346. The van der Waals surface area contributed by atoms with E-state index in [1.54, 1.807) is 0 Å². The van der Waals surface area contributed by atoms with Gasteiger partial charge in [0.2, 0.25) is 0 Å². The fraction of sp³-hybridized carbons (Fsp3) is 0.312. The standard InChI is InChI=1S/C16H20BrN3/c1-12(10-13-4-6-14(17)7-5-13)19-15-11-18-9-8-16(15)20(2)3/h4-9,11-12,19H,10H2,1-3H3. The second kappa shape index (κ2) is 6.75. The quantitative estimate of drug-likeness (QED) is 0.897. The van der Waals surface area contributed by atoms with Crippen molar-refractivity contribution in [3.05, 3.63) is 52.8 Å². The van der Waals surface area contributed by atoms with Gasteiger partial charge in [-0.15, -0.1) is 0 Å². The first-order chi connectivity index (χ1) is 9.56. The summed E-state index contributed by atoms with van der Waals surface area (Å²) in [4.78, 5) is 6.30. The van der Waals surface area contributed by atoms with Gasteiger partial charge in [0.25, 0.3) is 0 Å². The summed E-state index contributed by atoms with van der Waals surface area (Å²) in [7, 11) is 4.08.